The van der Waals surface area contributed by atoms with Crippen molar-refractivity contribution in [2.75, 3.05) is 5.43 Å². The number of nitrogens with zero attached hydrogens (tertiary/aromatic N) is 6. The number of nitrogens with one attached hydrogen (secondary N) is 1. The van der Waals surface area contributed by atoms with E-state index in [0.717, 1.165) is 16.4 Å². The monoisotopic (exact) mass is 377 g/mol. The molecule has 0 fully saturated rings. The third-order valence-corrected chi connectivity index (χ3v) is 4.33. The summed E-state index contributed by atoms with van der Waals surface area (Å²) in [6.07, 6.45) is 6.66. The fourth-order valence-corrected chi connectivity index (χ4v) is 2.86. The maximum Gasteiger partial charge on any atom is 0.224 e. The maximum absolute atomic E-state index is 5.79. The molecule has 0 radical (unpaired) electrons. The average Bonchev–Trinajstić information content (AvgIpc) is 3.36. The van der Waals surface area contributed by atoms with Gasteiger partial charge >= 0.3 is 0 Å². The Bertz CT molecular complexity index is 1040. The zero-order valence-corrected chi connectivity index (χ0v) is 15.2. The van der Waals surface area contributed by atoms with E-state index in [1.54, 1.807) is 29.4 Å². The molecule has 1 N–H and O–H groups in total. The first-order chi connectivity index (χ1) is 13.3. The van der Waals surface area contributed by atoms with Gasteiger partial charge in [-0.2, -0.15) is 10.2 Å². The van der Waals surface area contributed by atoms with Crippen molar-refractivity contribution < 1.29 is 4.74 Å². The molecular weight excluding hydrogens is 362 g/mol. The van der Waals surface area contributed by atoms with E-state index in [9.17, 15) is 0 Å². The highest BCUT2D eigenvalue weighted by Gasteiger charge is 2.04. The molecule has 0 unspecified atom stereocenters. The molecule has 9 heteroatoms. The van der Waals surface area contributed by atoms with E-state index in [4.69, 9.17) is 4.74 Å². The Labute approximate surface area is 159 Å². The summed E-state index contributed by atoms with van der Waals surface area (Å²) in [5.41, 5.74) is 4.81. The number of aromatic nitrogens is 5. The van der Waals surface area contributed by atoms with Gasteiger partial charge in [-0.15, -0.1) is 11.3 Å². The van der Waals surface area contributed by atoms with Gasteiger partial charge in [0, 0.05) is 23.8 Å². The molecule has 27 heavy (non-hydrogen) atoms. The number of hydrogen-bond acceptors (Lipinski definition) is 8. The van der Waals surface area contributed by atoms with Crippen molar-refractivity contribution in [3.8, 4) is 17.4 Å². The molecule has 4 aromatic rings. The highest BCUT2D eigenvalue weighted by molar-refractivity contribution is 7.13. The van der Waals surface area contributed by atoms with E-state index >= 15 is 0 Å². The summed E-state index contributed by atoms with van der Waals surface area (Å²) < 4.78 is 7.43. The molecule has 4 rings (SSSR count). The number of rotatable bonds is 6. The predicted molar refractivity (Wildman–Crippen MR) is 104 cm³/mol. The Morgan fingerprint density at radius 1 is 1.22 bits per heavy atom. The van der Waals surface area contributed by atoms with Crippen LogP contribution < -0.4 is 10.2 Å². The van der Waals surface area contributed by atoms with Gasteiger partial charge in [0.25, 0.3) is 0 Å². The van der Waals surface area contributed by atoms with E-state index < -0.39 is 0 Å². The summed E-state index contributed by atoms with van der Waals surface area (Å²) in [6, 6.07) is 11.1. The molecule has 1 aromatic carbocycles. The highest BCUT2D eigenvalue weighted by atomic mass is 32.1. The molecule has 8 nitrogen and oxygen atoms in total. The molecule has 0 aliphatic heterocycles. The second-order valence-electron chi connectivity index (χ2n) is 5.50. The average molecular weight is 377 g/mol. The first-order valence-electron chi connectivity index (χ1n) is 8.07. The van der Waals surface area contributed by atoms with Crippen molar-refractivity contribution in [3.05, 3.63) is 71.8 Å². The molecule has 0 amide bonds. The van der Waals surface area contributed by atoms with Crippen LogP contribution in [0.2, 0.25) is 0 Å². The molecule has 0 aliphatic carbocycles. The smallest absolute Gasteiger partial charge is 0.224 e. The minimum Gasteiger partial charge on any atom is -0.439 e. The predicted octanol–water partition coefficient (Wildman–Crippen LogP) is 3.67. The normalized spacial score (nSPS) is 11.0. The van der Waals surface area contributed by atoms with Gasteiger partial charge in [-0.3, -0.25) is 5.43 Å². The van der Waals surface area contributed by atoms with Crippen LogP contribution in [-0.4, -0.2) is 30.9 Å². The fourth-order valence-electron chi connectivity index (χ4n) is 2.23. The summed E-state index contributed by atoms with van der Waals surface area (Å²) in [7, 11) is 0. The number of thiazole rings is 1. The van der Waals surface area contributed by atoms with Crippen molar-refractivity contribution in [2.45, 2.75) is 6.92 Å². The van der Waals surface area contributed by atoms with Gasteiger partial charge in [0.1, 0.15) is 12.1 Å². The summed E-state index contributed by atoms with van der Waals surface area (Å²) in [6.45, 7) is 1.94. The summed E-state index contributed by atoms with van der Waals surface area (Å²) in [4.78, 5) is 12.6. The number of ether oxygens (including phenoxy) is 1. The molecule has 3 aromatic heterocycles. The Hall–Kier alpha value is -3.59. The Morgan fingerprint density at radius 3 is 2.85 bits per heavy atom. The zero-order chi connectivity index (χ0) is 18.5. The van der Waals surface area contributed by atoms with Crippen LogP contribution in [0.15, 0.2) is 65.6 Å². The lowest BCUT2D eigenvalue weighted by Crippen LogP contribution is -1.99. The standard InChI is InChI=1S/C18H15N7OS/c1-13-11-27-18(23-13)24-21-10-14-3-5-15(6-4-14)26-17-9-16(19-12-20-17)25-8-2-7-22-25/h2-12H,1H3,(H,23,24). The van der Waals surface area contributed by atoms with Crippen LogP contribution in [0.4, 0.5) is 5.13 Å². The maximum atomic E-state index is 5.79. The molecule has 3 heterocycles. The first-order valence-corrected chi connectivity index (χ1v) is 8.95. The van der Waals surface area contributed by atoms with Crippen LogP contribution >= 0.6 is 11.3 Å². The molecule has 0 bridgehead atoms. The van der Waals surface area contributed by atoms with Gasteiger partial charge in [-0.1, -0.05) is 0 Å². The van der Waals surface area contributed by atoms with E-state index in [1.165, 1.54) is 17.7 Å². The largest absolute Gasteiger partial charge is 0.439 e. The molecule has 0 saturated carbocycles. The van der Waals surface area contributed by atoms with E-state index in [2.05, 4.69) is 30.6 Å². The summed E-state index contributed by atoms with van der Waals surface area (Å²) in [5.74, 6) is 1.75. The van der Waals surface area contributed by atoms with Crippen LogP contribution in [0, 0.1) is 6.92 Å². The van der Waals surface area contributed by atoms with Crippen molar-refractivity contribution in [1.82, 2.24) is 24.7 Å². The molecular formula is C18H15N7OS. The lowest BCUT2D eigenvalue weighted by Gasteiger charge is -2.06. The fraction of sp³-hybridized carbons (Fsp3) is 0.0556. The highest BCUT2D eigenvalue weighted by Crippen LogP contribution is 2.20. The number of aryl methyl sites for hydroxylation is 1. The third-order valence-electron chi connectivity index (χ3n) is 3.46. The van der Waals surface area contributed by atoms with Crippen LogP contribution in [-0.2, 0) is 0 Å². The van der Waals surface area contributed by atoms with E-state index in [1.807, 2.05) is 42.6 Å². The number of hydrazone groups is 1. The van der Waals surface area contributed by atoms with Crippen LogP contribution in [0.3, 0.4) is 0 Å². The topological polar surface area (TPSA) is 90.1 Å². The van der Waals surface area contributed by atoms with Crippen molar-refractivity contribution in [2.24, 2.45) is 5.10 Å². The van der Waals surface area contributed by atoms with Crippen molar-refractivity contribution >= 4 is 22.7 Å². The van der Waals surface area contributed by atoms with Crippen LogP contribution in [0.1, 0.15) is 11.3 Å². The zero-order valence-electron chi connectivity index (χ0n) is 14.4. The van der Waals surface area contributed by atoms with E-state index in [-0.39, 0.29) is 0 Å². The second-order valence-corrected chi connectivity index (χ2v) is 6.36. The van der Waals surface area contributed by atoms with Gasteiger partial charge in [0.05, 0.1) is 11.9 Å². The van der Waals surface area contributed by atoms with E-state index in [0.29, 0.717) is 17.4 Å². The SMILES string of the molecule is Cc1csc(NN=Cc2ccc(Oc3cc(-n4cccn4)ncn3)cc2)n1. The Morgan fingerprint density at radius 2 is 2.11 bits per heavy atom. The molecule has 0 spiro atoms. The third kappa shape index (κ3) is 4.33. The number of anilines is 1. The second kappa shape index (κ2) is 7.75. The number of benzene rings is 1. The number of hydrogen-bond donors (Lipinski definition) is 1. The minimum absolute atomic E-state index is 0.442. The van der Waals surface area contributed by atoms with Crippen LogP contribution in [0.5, 0.6) is 11.6 Å². The molecule has 134 valence electrons. The molecule has 0 saturated heterocycles. The molecule has 0 aliphatic rings. The first kappa shape index (κ1) is 16.9. The van der Waals surface area contributed by atoms with Crippen molar-refractivity contribution in [1.29, 1.82) is 0 Å². The quantitative estimate of drug-likeness (QED) is 0.407. The summed E-state index contributed by atoms with van der Waals surface area (Å²) in [5, 5.41) is 11.1. The van der Waals surface area contributed by atoms with Gasteiger partial charge in [0.2, 0.25) is 11.0 Å². The molecule has 0 atom stereocenters. The van der Waals surface area contributed by atoms with Crippen molar-refractivity contribution in [3.63, 3.8) is 0 Å². The Kier molecular flexibility index (Phi) is 4.84. The van der Waals surface area contributed by atoms with Gasteiger partial charge in [0.15, 0.2) is 5.82 Å². The summed E-state index contributed by atoms with van der Waals surface area (Å²) >= 11 is 1.51. The van der Waals surface area contributed by atoms with Crippen LogP contribution in [0.25, 0.3) is 5.82 Å². The lowest BCUT2D eigenvalue weighted by atomic mass is 10.2. The lowest BCUT2D eigenvalue weighted by molar-refractivity contribution is 0.460. The minimum atomic E-state index is 0.442. The van der Waals surface area contributed by atoms with Gasteiger partial charge in [-0.05, 0) is 42.8 Å². The van der Waals surface area contributed by atoms with Gasteiger partial charge < -0.3 is 4.74 Å². The Balaban J connectivity index is 1.40. The van der Waals surface area contributed by atoms with Gasteiger partial charge in [-0.25, -0.2) is 19.6 Å².